The summed E-state index contributed by atoms with van der Waals surface area (Å²) in [6.45, 7) is 0.733. The Morgan fingerprint density at radius 1 is 1.17 bits per heavy atom. The highest BCUT2D eigenvalue weighted by atomic mass is 16.5. The van der Waals surface area contributed by atoms with Gasteiger partial charge in [-0.15, -0.1) is 0 Å². The number of nitrogens with one attached hydrogen (secondary N) is 2. The number of oxazole rings is 1. The van der Waals surface area contributed by atoms with Crippen molar-refractivity contribution < 1.29 is 13.9 Å². The smallest absolute Gasteiger partial charge is 0.319 e. The molecular formula is C18H21N3O3. The van der Waals surface area contributed by atoms with Crippen molar-refractivity contribution in [1.29, 1.82) is 0 Å². The van der Waals surface area contributed by atoms with Crippen LogP contribution in [-0.4, -0.2) is 29.8 Å². The highest BCUT2D eigenvalue weighted by molar-refractivity contribution is 5.89. The summed E-state index contributed by atoms with van der Waals surface area (Å²) in [4.78, 5) is 16.3. The van der Waals surface area contributed by atoms with Gasteiger partial charge in [0.2, 0.25) is 5.89 Å². The maximum absolute atomic E-state index is 12.2. The first-order valence-corrected chi connectivity index (χ1v) is 8.47. The summed E-state index contributed by atoms with van der Waals surface area (Å²) in [5, 5.41) is 5.94. The molecule has 126 valence electrons. The minimum Gasteiger partial charge on any atom is -0.445 e. The molecule has 1 saturated heterocycles. The molecule has 1 aromatic heterocycles. The zero-order chi connectivity index (χ0) is 16.4. The first kappa shape index (κ1) is 15.2. The molecular weight excluding hydrogens is 306 g/mol. The Morgan fingerprint density at radius 2 is 2.00 bits per heavy atom. The number of ether oxygens (including phenoxy) is 1. The molecule has 6 heteroatoms. The van der Waals surface area contributed by atoms with E-state index in [2.05, 4.69) is 15.6 Å². The van der Waals surface area contributed by atoms with E-state index in [1.165, 1.54) is 19.1 Å². The van der Waals surface area contributed by atoms with Gasteiger partial charge in [-0.2, -0.15) is 0 Å². The van der Waals surface area contributed by atoms with Crippen molar-refractivity contribution in [3.05, 3.63) is 36.7 Å². The topological polar surface area (TPSA) is 76.4 Å². The fourth-order valence-electron chi connectivity index (χ4n) is 3.17. The summed E-state index contributed by atoms with van der Waals surface area (Å²) in [5.41, 5.74) is 1.62. The van der Waals surface area contributed by atoms with Crippen LogP contribution in [-0.2, 0) is 4.74 Å². The van der Waals surface area contributed by atoms with Gasteiger partial charge >= 0.3 is 6.03 Å². The monoisotopic (exact) mass is 327 g/mol. The summed E-state index contributed by atoms with van der Waals surface area (Å²) in [6.07, 6.45) is 7.79. The molecule has 1 aliphatic heterocycles. The predicted molar refractivity (Wildman–Crippen MR) is 89.6 cm³/mol. The van der Waals surface area contributed by atoms with Gasteiger partial charge < -0.3 is 19.8 Å². The predicted octanol–water partition coefficient (Wildman–Crippen LogP) is 3.42. The van der Waals surface area contributed by atoms with Crippen LogP contribution in [0.25, 0.3) is 11.5 Å². The van der Waals surface area contributed by atoms with E-state index >= 15 is 0 Å². The van der Waals surface area contributed by atoms with E-state index in [9.17, 15) is 4.79 Å². The molecule has 2 N–H and O–H groups in total. The minimum absolute atomic E-state index is 0.166. The summed E-state index contributed by atoms with van der Waals surface area (Å²) >= 11 is 0. The number of amides is 2. The normalized spacial score (nSPS) is 23.7. The van der Waals surface area contributed by atoms with Crippen molar-refractivity contribution in [1.82, 2.24) is 10.3 Å². The lowest BCUT2D eigenvalue weighted by molar-refractivity contribution is -0.00889. The lowest BCUT2D eigenvalue weighted by Crippen LogP contribution is -2.44. The third kappa shape index (κ3) is 3.59. The van der Waals surface area contributed by atoms with Gasteiger partial charge in [-0.25, -0.2) is 9.78 Å². The summed E-state index contributed by atoms with van der Waals surface area (Å²) in [6, 6.07) is 7.46. The van der Waals surface area contributed by atoms with Gasteiger partial charge in [0.05, 0.1) is 12.3 Å². The molecule has 1 aliphatic carbocycles. The second-order valence-corrected chi connectivity index (χ2v) is 6.48. The maximum atomic E-state index is 12.2. The molecule has 4 rings (SSSR count). The largest absolute Gasteiger partial charge is 0.445 e. The molecule has 2 atom stereocenters. The van der Waals surface area contributed by atoms with Crippen LogP contribution in [0.5, 0.6) is 0 Å². The number of anilines is 1. The van der Waals surface area contributed by atoms with E-state index in [1.807, 2.05) is 24.3 Å². The average Bonchev–Trinajstić information content (AvgIpc) is 3.31. The van der Waals surface area contributed by atoms with Crippen LogP contribution in [0.1, 0.15) is 25.7 Å². The fraction of sp³-hybridized carbons (Fsp3) is 0.444. The van der Waals surface area contributed by atoms with Crippen LogP contribution in [0.3, 0.4) is 0 Å². The molecule has 2 heterocycles. The molecule has 0 unspecified atom stereocenters. The zero-order valence-electron chi connectivity index (χ0n) is 13.4. The van der Waals surface area contributed by atoms with E-state index < -0.39 is 0 Å². The van der Waals surface area contributed by atoms with Crippen molar-refractivity contribution in [2.75, 3.05) is 11.9 Å². The fourth-order valence-corrected chi connectivity index (χ4v) is 3.17. The molecule has 6 nitrogen and oxygen atoms in total. The van der Waals surface area contributed by atoms with Crippen LogP contribution in [0.4, 0.5) is 10.5 Å². The van der Waals surface area contributed by atoms with E-state index in [-0.39, 0.29) is 12.1 Å². The Kier molecular flexibility index (Phi) is 4.21. The number of benzene rings is 1. The standard InChI is InChI=1S/C18H21N3O3/c22-18(21-15-7-9-23-16(11-15)12-1-2-12)20-14-5-3-13(4-6-14)17-19-8-10-24-17/h3-6,8,10,12,15-16H,1-2,7,9,11H2,(H2,20,21,22)/t15-,16-/m0/s1. The summed E-state index contributed by atoms with van der Waals surface area (Å²) in [5.74, 6) is 1.28. The molecule has 0 spiro atoms. The molecule has 24 heavy (non-hydrogen) atoms. The molecule has 2 fully saturated rings. The maximum Gasteiger partial charge on any atom is 0.319 e. The van der Waals surface area contributed by atoms with Crippen molar-refractivity contribution in [3.63, 3.8) is 0 Å². The Balaban J connectivity index is 1.30. The average molecular weight is 327 g/mol. The SMILES string of the molecule is O=C(Nc1ccc(-c2ncco2)cc1)N[C@H]1CCO[C@H](C2CC2)C1. The molecule has 2 aromatic rings. The Hall–Kier alpha value is -2.34. The number of nitrogens with zero attached hydrogens (tertiary/aromatic N) is 1. The Morgan fingerprint density at radius 3 is 2.71 bits per heavy atom. The van der Waals surface area contributed by atoms with E-state index in [0.717, 1.165) is 30.7 Å². The van der Waals surface area contributed by atoms with Gasteiger partial charge in [0, 0.05) is 23.9 Å². The molecule has 1 aromatic carbocycles. The van der Waals surface area contributed by atoms with Crippen LogP contribution >= 0.6 is 0 Å². The highest BCUT2D eigenvalue weighted by Crippen LogP contribution is 2.38. The molecule has 1 saturated carbocycles. The van der Waals surface area contributed by atoms with E-state index in [0.29, 0.717) is 17.9 Å². The second-order valence-electron chi connectivity index (χ2n) is 6.48. The van der Waals surface area contributed by atoms with E-state index in [4.69, 9.17) is 9.15 Å². The van der Waals surface area contributed by atoms with Crippen LogP contribution in [0.2, 0.25) is 0 Å². The summed E-state index contributed by atoms with van der Waals surface area (Å²) in [7, 11) is 0. The van der Waals surface area contributed by atoms with Crippen molar-refractivity contribution in [2.24, 2.45) is 5.92 Å². The van der Waals surface area contributed by atoms with Crippen LogP contribution in [0.15, 0.2) is 41.1 Å². The number of hydrogen-bond donors (Lipinski definition) is 2. The van der Waals surface area contributed by atoms with Gasteiger partial charge in [0.25, 0.3) is 0 Å². The molecule has 0 bridgehead atoms. The number of urea groups is 1. The first-order chi connectivity index (χ1) is 11.8. The Labute approximate surface area is 140 Å². The van der Waals surface area contributed by atoms with Gasteiger partial charge in [-0.3, -0.25) is 0 Å². The van der Waals surface area contributed by atoms with Crippen molar-refractivity contribution >= 4 is 11.7 Å². The lowest BCUT2D eigenvalue weighted by atomic mass is 10.0. The third-order valence-corrected chi connectivity index (χ3v) is 4.62. The first-order valence-electron chi connectivity index (χ1n) is 8.47. The molecule has 0 radical (unpaired) electrons. The van der Waals surface area contributed by atoms with Gasteiger partial charge in [-0.05, 0) is 55.9 Å². The van der Waals surface area contributed by atoms with Gasteiger partial charge in [-0.1, -0.05) is 0 Å². The highest BCUT2D eigenvalue weighted by Gasteiger charge is 2.36. The lowest BCUT2D eigenvalue weighted by Gasteiger charge is -2.30. The van der Waals surface area contributed by atoms with Gasteiger partial charge in [0.15, 0.2) is 0 Å². The summed E-state index contributed by atoms with van der Waals surface area (Å²) < 4.78 is 11.0. The zero-order valence-corrected chi connectivity index (χ0v) is 13.4. The van der Waals surface area contributed by atoms with Crippen LogP contribution in [0, 0.1) is 5.92 Å². The minimum atomic E-state index is -0.166. The van der Waals surface area contributed by atoms with Gasteiger partial charge in [0.1, 0.15) is 6.26 Å². The third-order valence-electron chi connectivity index (χ3n) is 4.62. The quantitative estimate of drug-likeness (QED) is 0.902. The second kappa shape index (κ2) is 6.65. The van der Waals surface area contributed by atoms with Crippen molar-refractivity contribution in [3.8, 4) is 11.5 Å². The Bertz CT molecular complexity index is 680. The van der Waals surface area contributed by atoms with Crippen LogP contribution < -0.4 is 10.6 Å². The number of rotatable bonds is 4. The number of carbonyl (C=O) groups is 1. The van der Waals surface area contributed by atoms with Crippen molar-refractivity contribution in [2.45, 2.75) is 37.8 Å². The molecule has 2 aliphatic rings. The van der Waals surface area contributed by atoms with E-state index in [1.54, 1.807) is 6.20 Å². The molecule has 2 amide bonds. The number of carbonyl (C=O) groups excluding carboxylic acids is 1. The number of aromatic nitrogens is 1. The number of hydrogen-bond acceptors (Lipinski definition) is 4.